The van der Waals surface area contributed by atoms with Crippen LogP contribution >= 0.6 is 0 Å². The van der Waals surface area contributed by atoms with Crippen molar-refractivity contribution in [3.8, 4) is 0 Å². The van der Waals surface area contributed by atoms with Gasteiger partial charge in [-0.25, -0.2) is 0 Å². The molecular weight excluding hydrogens is 314 g/mol. The smallest absolute Gasteiger partial charge is 0.240 e. The van der Waals surface area contributed by atoms with Gasteiger partial charge in [0.15, 0.2) is 5.82 Å². The maximum Gasteiger partial charge on any atom is 0.240 e. The van der Waals surface area contributed by atoms with E-state index in [1.807, 2.05) is 0 Å². The molecule has 25 heavy (non-hydrogen) atoms. The number of piperazine rings is 1. The zero-order chi connectivity index (χ0) is 17.1. The molecular formula is C19H23N5O. The van der Waals surface area contributed by atoms with Crippen LogP contribution in [-0.4, -0.2) is 46.1 Å². The minimum Gasteiger partial charge on any atom is -0.338 e. The molecule has 2 heterocycles. The van der Waals surface area contributed by atoms with Crippen molar-refractivity contribution < 1.29 is 4.52 Å². The van der Waals surface area contributed by atoms with Gasteiger partial charge in [-0.3, -0.25) is 9.80 Å². The van der Waals surface area contributed by atoms with Crippen LogP contribution in [0, 0.1) is 0 Å². The predicted molar refractivity (Wildman–Crippen MR) is 96.7 cm³/mol. The van der Waals surface area contributed by atoms with Gasteiger partial charge in [0, 0.05) is 32.7 Å². The Morgan fingerprint density at radius 3 is 2.40 bits per heavy atom. The van der Waals surface area contributed by atoms with Crippen molar-refractivity contribution in [2.75, 3.05) is 26.2 Å². The van der Waals surface area contributed by atoms with Crippen molar-refractivity contribution in [2.24, 2.45) is 5.73 Å². The van der Waals surface area contributed by atoms with Crippen molar-refractivity contribution in [3.63, 3.8) is 0 Å². The minimum atomic E-state index is 0.297. The fraction of sp³-hybridized carbons (Fsp3) is 0.368. The molecule has 6 heteroatoms. The van der Waals surface area contributed by atoms with Gasteiger partial charge in [-0.2, -0.15) is 4.98 Å². The summed E-state index contributed by atoms with van der Waals surface area (Å²) in [6.07, 6.45) is 0. The normalized spacial score (nSPS) is 16.5. The van der Waals surface area contributed by atoms with Crippen LogP contribution in [0.3, 0.4) is 0 Å². The Labute approximate surface area is 147 Å². The molecule has 1 aliphatic heterocycles. The van der Waals surface area contributed by atoms with Crippen LogP contribution in [0.2, 0.25) is 0 Å². The van der Waals surface area contributed by atoms with Crippen LogP contribution in [0.15, 0.2) is 47.0 Å². The van der Waals surface area contributed by atoms with E-state index in [0.29, 0.717) is 12.4 Å². The van der Waals surface area contributed by atoms with Crippen LogP contribution in [0.5, 0.6) is 0 Å². The van der Waals surface area contributed by atoms with Crippen LogP contribution < -0.4 is 5.73 Å². The fourth-order valence-corrected chi connectivity index (χ4v) is 3.41. The van der Waals surface area contributed by atoms with Gasteiger partial charge in [0.25, 0.3) is 0 Å². The lowest BCUT2D eigenvalue weighted by molar-refractivity contribution is 0.119. The van der Waals surface area contributed by atoms with Gasteiger partial charge in [-0.05, 0) is 16.3 Å². The van der Waals surface area contributed by atoms with Gasteiger partial charge in [-0.15, -0.1) is 0 Å². The molecule has 0 atom stereocenters. The highest BCUT2D eigenvalue weighted by Gasteiger charge is 2.19. The lowest BCUT2D eigenvalue weighted by atomic mass is 10.0. The maximum absolute atomic E-state index is 5.51. The van der Waals surface area contributed by atoms with Gasteiger partial charge in [0.2, 0.25) is 5.89 Å². The van der Waals surface area contributed by atoms with E-state index >= 15 is 0 Å². The molecule has 4 rings (SSSR count). The highest BCUT2D eigenvalue weighted by atomic mass is 16.5. The molecule has 1 saturated heterocycles. The van der Waals surface area contributed by atoms with E-state index in [9.17, 15) is 0 Å². The van der Waals surface area contributed by atoms with Crippen molar-refractivity contribution in [3.05, 3.63) is 59.7 Å². The topological polar surface area (TPSA) is 71.4 Å². The monoisotopic (exact) mass is 337 g/mol. The largest absolute Gasteiger partial charge is 0.338 e. The molecule has 2 aromatic carbocycles. The molecule has 2 N–H and O–H groups in total. The second-order valence-corrected chi connectivity index (χ2v) is 6.50. The summed E-state index contributed by atoms with van der Waals surface area (Å²) < 4.78 is 5.07. The summed E-state index contributed by atoms with van der Waals surface area (Å²) in [7, 11) is 0. The average molecular weight is 337 g/mol. The van der Waals surface area contributed by atoms with E-state index in [1.54, 1.807) is 0 Å². The lowest BCUT2D eigenvalue weighted by Crippen LogP contribution is -2.45. The molecule has 0 saturated carbocycles. The van der Waals surface area contributed by atoms with Crippen molar-refractivity contribution in [1.29, 1.82) is 0 Å². The summed E-state index contributed by atoms with van der Waals surface area (Å²) in [5.74, 6) is 1.23. The number of rotatable bonds is 5. The van der Waals surface area contributed by atoms with Crippen molar-refractivity contribution in [1.82, 2.24) is 19.9 Å². The van der Waals surface area contributed by atoms with E-state index in [4.69, 9.17) is 10.3 Å². The molecule has 0 spiro atoms. The molecule has 0 radical (unpaired) electrons. The molecule has 130 valence electrons. The van der Waals surface area contributed by atoms with E-state index in [0.717, 1.165) is 45.1 Å². The van der Waals surface area contributed by atoms with Crippen LogP contribution in [0.1, 0.15) is 17.3 Å². The van der Waals surface area contributed by atoms with Crippen molar-refractivity contribution >= 4 is 10.8 Å². The average Bonchev–Trinajstić information content (AvgIpc) is 3.11. The third kappa shape index (κ3) is 3.71. The Kier molecular flexibility index (Phi) is 4.74. The Hall–Kier alpha value is -2.28. The zero-order valence-electron chi connectivity index (χ0n) is 14.3. The summed E-state index contributed by atoms with van der Waals surface area (Å²) in [4.78, 5) is 9.17. The Morgan fingerprint density at radius 2 is 1.64 bits per heavy atom. The SMILES string of the molecule is NCc1nc(CN2CCN(Cc3cccc4ccccc34)CC2)no1. The first-order valence-corrected chi connectivity index (χ1v) is 8.75. The van der Waals surface area contributed by atoms with E-state index in [-0.39, 0.29) is 0 Å². The van der Waals surface area contributed by atoms with Gasteiger partial charge < -0.3 is 10.3 Å². The molecule has 0 unspecified atom stereocenters. The molecule has 6 nitrogen and oxygen atoms in total. The van der Waals surface area contributed by atoms with E-state index < -0.39 is 0 Å². The van der Waals surface area contributed by atoms with Gasteiger partial charge in [-0.1, -0.05) is 47.6 Å². The van der Waals surface area contributed by atoms with E-state index in [2.05, 4.69) is 62.4 Å². The summed E-state index contributed by atoms with van der Waals surface area (Å²) >= 11 is 0. The van der Waals surface area contributed by atoms with Crippen LogP contribution in [0.4, 0.5) is 0 Å². The number of benzene rings is 2. The number of hydrogen-bond donors (Lipinski definition) is 1. The second kappa shape index (κ2) is 7.31. The highest BCUT2D eigenvalue weighted by molar-refractivity contribution is 5.85. The lowest BCUT2D eigenvalue weighted by Gasteiger charge is -2.34. The number of hydrogen-bond acceptors (Lipinski definition) is 6. The maximum atomic E-state index is 5.51. The standard InChI is InChI=1S/C19H23N5O/c20-12-19-21-18(22-25-19)14-24-10-8-23(9-11-24)13-16-6-3-5-15-4-1-2-7-17(15)16/h1-7H,8-14,20H2. The van der Waals surface area contributed by atoms with Crippen LogP contribution in [0.25, 0.3) is 10.8 Å². The van der Waals surface area contributed by atoms with Crippen molar-refractivity contribution in [2.45, 2.75) is 19.6 Å². The number of fused-ring (bicyclic) bond motifs is 1. The summed E-state index contributed by atoms with van der Waals surface area (Å²) in [5, 5.41) is 6.65. The van der Waals surface area contributed by atoms with Gasteiger partial charge in [0.05, 0.1) is 13.1 Å². The third-order valence-electron chi connectivity index (χ3n) is 4.79. The Morgan fingerprint density at radius 1 is 0.920 bits per heavy atom. The molecule has 3 aromatic rings. The zero-order valence-corrected chi connectivity index (χ0v) is 14.3. The molecule has 0 aliphatic carbocycles. The number of aromatic nitrogens is 2. The minimum absolute atomic E-state index is 0.297. The Balaban J connectivity index is 1.35. The fourth-order valence-electron chi connectivity index (χ4n) is 3.41. The first-order chi connectivity index (χ1) is 12.3. The summed E-state index contributed by atoms with van der Waals surface area (Å²) in [6.45, 7) is 6.14. The molecule has 1 aromatic heterocycles. The molecule has 1 aliphatic rings. The van der Waals surface area contributed by atoms with Gasteiger partial charge in [0.1, 0.15) is 0 Å². The quantitative estimate of drug-likeness (QED) is 0.768. The summed E-state index contributed by atoms with van der Waals surface area (Å²) in [5.41, 5.74) is 6.91. The third-order valence-corrected chi connectivity index (χ3v) is 4.79. The van der Waals surface area contributed by atoms with Gasteiger partial charge >= 0.3 is 0 Å². The second-order valence-electron chi connectivity index (χ2n) is 6.50. The molecule has 0 bridgehead atoms. The first kappa shape index (κ1) is 16.2. The predicted octanol–water partition coefficient (Wildman–Crippen LogP) is 2.00. The number of nitrogens with zero attached hydrogens (tertiary/aromatic N) is 4. The Bertz CT molecular complexity index is 833. The van der Waals surface area contributed by atoms with Crippen LogP contribution in [-0.2, 0) is 19.6 Å². The highest BCUT2D eigenvalue weighted by Crippen LogP contribution is 2.20. The van der Waals surface area contributed by atoms with E-state index in [1.165, 1.54) is 16.3 Å². The molecule has 0 amide bonds. The summed E-state index contributed by atoms with van der Waals surface area (Å²) in [6, 6.07) is 15.2. The number of nitrogens with two attached hydrogens (primary N) is 1. The molecule has 1 fully saturated rings. The first-order valence-electron chi connectivity index (χ1n) is 8.75.